The minimum atomic E-state index is 0.275. The number of hydrogen-bond acceptors (Lipinski definition) is 1. The van der Waals surface area contributed by atoms with Crippen molar-refractivity contribution in [2.45, 2.75) is 33.1 Å². The van der Waals surface area contributed by atoms with Gasteiger partial charge >= 0.3 is 0 Å². The van der Waals surface area contributed by atoms with Crippen LogP contribution in [-0.4, -0.2) is 17.8 Å². The molecule has 1 atom stereocenters. The Bertz CT molecular complexity index is 444. The number of para-hydroxylation sites is 1. The standard InChI is InChI=1S/C16H22BrNO/c1-12(2)14(10-17)11-18-15-8-4-3-6-13(15)7-5-9-16(18)19/h3-4,6,8,12,14H,5,7,9-11H2,1-2H3. The summed E-state index contributed by atoms with van der Waals surface area (Å²) in [6, 6.07) is 8.34. The summed E-state index contributed by atoms with van der Waals surface area (Å²) in [5.74, 6) is 1.34. The van der Waals surface area contributed by atoms with Crippen LogP contribution in [0.4, 0.5) is 5.69 Å². The lowest BCUT2D eigenvalue weighted by Crippen LogP contribution is -2.37. The summed E-state index contributed by atoms with van der Waals surface area (Å²) < 4.78 is 0. The van der Waals surface area contributed by atoms with Crippen molar-refractivity contribution in [3.8, 4) is 0 Å². The third-order valence-electron chi connectivity index (χ3n) is 3.98. The zero-order valence-electron chi connectivity index (χ0n) is 11.7. The smallest absolute Gasteiger partial charge is 0.227 e. The van der Waals surface area contributed by atoms with Crippen LogP contribution in [0, 0.1) is 11.8 Å². The molecule has 0 saturated heterocycles. The van der Waals surface area contributed by atoms with Crippen LogP contribution in [0.15, 0.2) is 24.3 Å². The van der Waals surface area contributed by atoms with Crippen LogP contribution < -0.4 is 4.90 Å². The summed E-state index contributed by atoms with van der Waals surface area (Å²) >= 11 is 3.58. The Labute approximate surface area is 124 Å². The fourth-order valence-corrected chi connectivity index (χ4v) is 3.51. The number of benzene rings is 1. The van der Waals surface area contributed by atoms with Gasteiger partial charge in [-0.2, -0.15) is 0 Å². The largest absolute Gasteiger partial charge is 0.312 e. The van der Waals surface area contributed by atoms with E-state index in [2.05, 4.69) is 48.0 Å². The number of nitrogens with zero attached hydrogens (tertiary/aromatic N) is 1. The molecule has 0 fully saturated rings. The molecule has 0 radical (unpaired) electrons. The topological polar surface area (TPSA) is 20.3 Å². The molecule has 1 aromatic carbocycles. The van der Waals surface area contributed by atoms with Gasteiger partial charge in [0.15, 0.2) is 0 Å². The number of aryl methyl sites for hydroxylation is 1. The zero-order chi connectivity index (χ0) is 13.8. The third kappa shape index (κ3) is 3.38. The van der Waals surface area contributed by atoms with E-state index >= 15 is 0 Å². The molecule has 1 aliphatic rings. The second-order valence-corrected chi connectivity index (χ2v) is 6.29. The highest BCUT2D eigenvalue weighted by Crippen LogP contribution is 2.29. The fraction of sp³-hybridized carbons (Fsp3) is 0.562. The van der Waals surface area contributed by atoms with Gasteiger partial charge in [0, 0.05) is 24.0 Å². The summed E-state index contributed by atoms with van der Waals surface area (Å²) in [5, 5.41) is 0.941. The SMILES string of the molecule is CC(C)C(CBr)CN1C(=O)CCCc2ccccc21. The average molecular weight is 324 g/mol. The maximum Gasteiger partial charge on any atom is 0.227 e. The van der Waals surface area contributed by atoms with Crippen LogP contribution in [0.1, 0.15) is 32.3 Å². The Hall–Kier alpha value is -0.830. The number of rotatable bonds is 4. The molecule has 0 aromatic heterocycles. The van der Waals surface area contributed by atoms with E-state index < -0.39 is 0 Å². The Morgan fingerprint density at radius 3 is 2.68 bits per heavy atom. The van der Waals surface area contributed by atoms with Crippen molar-refractivity contribution in [1.29, 1.82) is 0 Å². The third-order valence-corrected chi connectivity index (χ3v) is 4.81. The van der Waals surface area contributed by atoms with E-state index in [-0.39, 0.29) is 5.91 Å². The molecule has 0 bridgehead atoms. The minimum absolute atomic E-state index is 0.275. The first kappa shape index (κ1) is 14.6. The van der Waals surface area contributed by atoms with Crippen LogP contribution in [0.3, 0.4) is 0 Å². The molecular weight excluding hydrogens is 302 g/mol. The number of alkyl halides is 1. The molecular formula is C16H22BrNO. The van der Waals surface area contributed by atoms with E-state index in [1.165, 1.54) is 5.56 Å². The Morgan fingerprint density at radius 2 is 2.00 bits per heavy atom. The average Bonchev–Trinajstić information content (AvgIpc) is 2.55. The molecule has 1 amide bonds. The lowest BCUT2D eigenvalue weighted by Gasteiger charge is -2.29. The number of hydrogen-bond donors (Lipinski definition) is 0. The normalized spacial score (nSPS) is 17.3. The molecule has 0 N–H and O–H groups in total. The molecule has 2 nitrogen and oxygen atoms in total. The first-order valence-corrected chi connectivity index (χ1v) is 8.20. The maximum atomic E-state index is 12.4. The van der Waals surface area contributed by atoms with Crippen LogP contribution in [0.5, 0.6) is 0 Å². The van der Waals surface area contributed by atoms with Gasteiger partial charge in [0.2, 0.25) is 5.91 Å². The highest BCUT2D eigenvalue weighted by atomic mass is 79.9. The maximum absolute atomic E-state index is 12.4. The molecule has 1 heterocycles. The molecule has 0 spiro atoms. The Kier molecular flexibility index (Phi) is 5.03. The van der Waals surface area contributed by atoms with Crippen molar-refractivity contribution < 1.29 is 4.79 Å². The fourth-order valence-electron chi connectivity index (χ4n) is 2.56. The molecule has 2 rings (SSSR count). The second kappa shape index (κ2) is 6.56. The van der Waals surface area contributed by atoms with Gasteiger partial charge in [-0.25, -0.2) is 0 Å². The van der Waals surface area contributed by atoms with Gasteiger partial charge in [-0.05, 0) is 36.3 Å². The monoisotopic (exact) mass is 323 g/mol. The summed E-state index contributed by atoms with van der Waals surface area (Å²) in [4.78, 5) is 14.4. The van der Waals surface area contributed by atoms with Gasteiger partial charge < -0.3 is 4.90 Å². The number of carbonyl (C=O) groups is 1. The van der Waals surface area contributed by atoms with Crippen molar-refractivity contribution in [2.75, 3.05) is 16.8 Å². The Balaban J connectivity index is 2.28. The van der Waals surface area contributed by atoms with Gasteiger partial charge in [0.25, 0.3) is 0 Å². The Morgan fingerprint density at radius 1 is 1.26 bits per heavy atom. The van der Waals surface area contributed by atoms with E-state index in [1.807, 2.05) is 11.0 Å². The minimum Gasteiger partial charge on any atom is -0.312 e. The van der Waals surface area contributed by atoms with Gasteiger partial charge in [-0.1, -0.05) is 48.0 Å². The number of fused-ring (bicyclic) bond motifs is 1. The molecule has 1 aliphatic heterocycles. The quantitative estimate of drug-likeness (QED) is 0.766. The molecule has 3 heteroatoms. The van der Waals surface area contributed by atoms with E-state index in [9.17, 15) is 4.79 Å². The summed E-state index contributed by atoms with van der Waals surface area (Å²) in [6.07, 6.45) is 2.65. The molecule has 0 saturated carbocycles. The van der Waals surface area contributed by atoms with Gasteiger partial charge in [-0.3, -0.25) is 4.79 Å². The summed E-state index contributed by atoms with van der Waals surface area (Å²) in [5.41, 5.74) is 2.43. The van der Waals surface area contributed by atoms with Gasteiger partial charge in [0.05, 0.1) is 0 Å². The number of carbonyl (C=O) groups excluding carboxylic acids is 1. The van der Waals surface area contributed by atoms with E-state index in [0.29, 0.717) is 18.3 Å². The summed E-state index contributed by atoms with van der Waals surface area (Å²) in [7, 11) is 0. The lowest BCUT2D eigenvalue weighted by molar-refractivity contribution is -0.118. The molecule has 1 unspecified atom stereocenters. The van der Waals surface area contributed by atoms with E-state index in [4.69, 9.17) is 0 Å². The number of amides is 1. The van der Waals surface area contributed by atoms with Crippen molar-refractivity contribution in [3.05, 3.63) is 29.8 Å². The summed E-state index contributed by atoms with van der Waals surface area (Å²) in [6.45, 7) is 5.26. The molecule has 1 aromatic rings. The van der Waals surface area contributed by atoms with Crippen molar-refractivity contribution >= 4 is 27.5 Å². The van der Waals surface area contributed by atoms with Crippen molar-refractivity contribution in [2.24, 2.45) is 11.8 Å². The van der Waals surface area contributed by atoms with Crippen molar-refractivity contribution in [1.82, 2.24) is 0 Å². The van der Waals surface area contributed by atoms with Crippen molar-refractivity contribution in [3.63, 3.8) is 0 Å². The van der Waals surface area contributed by atoms with Crippen LogP contribution in [-0.2, 0) is 11.2 Å². The van der Waals surface area contributed by atoms with E-state index in [0.717, 1.165) is 30.4 Å². The number of halogens is 1. The molecule has 19 heavy (non-hydrogen) atoms. The predicted octanol–water partition coefficient (Wildman–Crippen LogP) is 4.02. The molecule has 104 valence electrons. The first-order valence-electron chi connectivity index (χ1n) is 7.07. The number of anilines is 1. The van der Waals surface area contributed by atoms with Gasteiger partial charge in [0.1, 0.15) is 0 Å². The van der Waals surface area contributed by atoms with Gasteiger partial charge in [-0.15, -0.1) is 0 Å². The first-order chi connectivity index (χ1) is 9.13. The highest BCUT2D eigenvalue weighted by Gasteiger charge is 2.25. The lowest BCUT2D eigenvalue weighted by atomic mass is 9.97. The van der Waals surface area contributed by atoms with Crippen LogP contribution in [0.25, 0.3) is 0 Å². The zero-order valence-corrected chi connectivity index (χ0v) is 13.3. The highest BCUT2D eigenvalue weighted by molar-refractivity contribution is 9.09. The predicted molar refractivity (Wildman–Crippen MR) is 83.9 cm³/mol. The second-order valence-electron chi connectivity index (χ2n) is 5.65. The molecule has 0 aliphatic carbocycles. The van der Waals surface area contributed by atoms with Crippen LogP contribution in [0.2, 0.25) is 0 Å². The van der Waals surface area contributed by atoms with Crippen LogP contribution >= 0.6 is 15.9 Å². The van der Waals surface area contributed by atoms with E-state index in [1.54, 1.807) is 0 Å².